The summed E-state index contributed by atoms with van der Waals surface area (Å²) >= 11 is 3.47. The summed E-state index contributed by atoms with van der Waals surface area (Å²) in [6.45, 7) is 2.27. The molecular weight excluding hydrogens is 316 g/mol. The Labute approximate surface area is 129 Å². The topological polar surface area (TPSA) is 26.3 Å². The van der Waals surface area contributed by atoms with E-state index in [0.29, 0.717) is 6.42 Å². The van der Waals surface area contributed by atoms with E-state index < -0.39 is 0 Å². The molecule has 2 nitrogen and oxygen atoms in total. The first-order valence-corrected chi connectivity index (χ1v) is 8.43. The maximum Gasteiger partial charge on any atom is 0.170 e. The smallest absolute Gasteiger partial charge is 0.170 e. The summed E-state index contributed by atoms with van der Waals surface area (Å²) in [6, 6.07) is 5.73. The van der Waals surface area contributed by atoms with Crippen LogP contribution in [0.3, 0.4) is 0 Å². The van der Waals surface area contributed by atoms with Gasteiger partial charge in [-0.25, -0.2) is 0 Å². The van der Waals surface area contributed by atoms with Crippen molar-refractivity contribution >= 4 is 21.7 Å². The number of rotatable bonds is 1. The van der Waals surface area contributed by atoms with E-state index in [-0.39, 0.29) is 11.4 Å². The Morgan fingerprint density at radius 2 is 2.20 bits per heavy atom. The normalized spacial score (nSPS) is 29.7. The van der Waals surface area contributed by atoms with E-state index in [9.17, 15) is 4.79 Å². The number of carbonyl (C=O) groups is 1. The van der Waals surface area contributed by atoms with Gasteiger partial charge in [0.05, 0.1) is 12.0 Å². The second-order valence-electron chi connectivity index (χ2n) is 6.23. The molecule has 0 bridgehead atoms. The number of fused-ring (bicyclic) bond motifs is 1. The minimum Gasteiger partial charge on any atom is -0.486 e. The van der Waals surface area contributed by atoms with Crippen molar-refractivity contribution in [2.75, 3.05) is 0 Å². The third kappa shape index (κ3) is 2.65. The lowest BCUT2D eigenvalue weighted by atomic mass is 9.84. The van der Waals surface area contributed by atoms with Gasteiger partial charge < -0.3 is 4.74 Å². The van der Waals surface area contributed by atoms with Crippen molar-refractivity contribution in [1.82, 2.24) is 0 Å². The average molecular weight is 337 g/mol. The number of hydrogen-bond acceptors (Lipinski definition) is 2. The lowest BCUT2D eigenvalue weighted by molar-refractivity contribution is 0.0289. The molecule has 108 valence electrons. The molecule has 0 N–H and O–H groups in total. The Kier molecular flexibility index (Phi) is 3.89. The summed E-state index contributed by atoms with van der Waals surface area (Å²) in [6.07, 6.45) is 7.47. The van der Waals surface area contributed by atoms with Gasteiger partial charge in [0.1, 0.15) is 11.4 Å². The van der Waals surface area contributed by atoms with E-state index >= 15 is 0 Å². The number of benzene rings is 1. The number of ketones is 1. The van der Waals surface area contributed by atoms with Crippen LogP contribution in [-0.4, -0.2) is 11.4 Å². The molecule has 1 aliphatic carbocycles. The first-order valence-electron chi connectivity index (χ1n) is 7.64. The fourth-order valence-electron chi connectivity index (χ4n) is 3.60. The highest BCUT2D eigenvalue weighted by atomic mass is 79.9. The molecule has 0 radical (unpaired) electrons. The standard InChI is InChI=1S/C17H21BrO2/c1-2-12-4-3-8-17(9-7-12)11-15(19)14-6-5-13(18)10-16(14)20-17/h5-6,10,12H,2-4,7-9,11H2,1H3. The van der Waals surface area contributed by atoms with Crippen molar-refractivity contribution < 1.29 is 9.53 Å². The van der Waals surface area contributed by atoms with Crippen LogP contribution in [0.15, 0.2) is 22.7 Å². The molecule has 2 atom stereocenters. The Hall–Kier alpha value is -0.830. The van der Waals surface area contributed by atoms with Gasteiger partial charge in [-0.2, -0.15) is 0 Å². The Morgan fingerprint density at radius 1 is 1.35 bits per heavy atom. The van der Waals surface area contributed by atoms with E-state index in [4.69, 9.17) is 4.74 Å². The molecular formula is C17H21BrO2. The number of halogens is 1. The SMILES string of the molecule is CCC1CCCC2(CC1)CC(=O)c1ccc(Br)cc1O2. The van der Waals surface area contributed by atoms with Crippen LogP contribution in [-0.2, 0) is 0 Å². The quantitative estimate of drug-likeness (QED) is 0.709. The second-order valence-corrected chi connectivity index (χ2v) is 7.15. The van der Waals surface area contributed by atoms with Gasteiger partial charge in [0.2, 0.25) is 0 Å². The van der Waals surface area contributed by atoms with Crippen LogP contribution in [0, 0.1) is 5.92 Å². The van der Waals surface area contributed by atoms with E-state index in [1.807, 2.05) is 18.2 Å². The van der Waals surface area contributed by atoms with Gasteiger partial charge in [0, 0.05) is 4.47 Å². The predicted octanol–water partition coefficient (Wildman–Crippen LogP) is 5.14. The number of ether oxygens (including phenoxy) is 1. The fourth-order valence-corrected chi connectivity index (χ4v) is 3.94. The van der Waals surface area contributed by atoms with Crippen LogP contribution >= 0.6 is 15.9 Å². The zero-order valence-corrected chi connectivity index (χ0v) is 13.5. The highest BCUT2D eigenvalue weighted by Crippen LogP contribution is 2.43. The first-order chi connectivity index (χ1) is 9.62. The summed E-state index contributed by atoms with van der Waals surface area (Å²) in [5.74, 6) is 1.82. The Balaban J connectivity index is 1.88. The highest BCUT2D eigenvalue weighted by Gasteiger charge is 2.41. The lowest BCUT2D eigenvalue weighted by Crippen LogP contribution is -2.41. The van der Waals surface area contributed by atoms with Crippen LogP contribution in [0.25, 0.3) is 0 Å². The molecule has 2 aliphatic rings. The largest absolute Gasteiger partial charge is 0.486 e. The summed E-state index contributed by atoms with van der Waals surface area (Å²) < 4.78 is 7.31. The summed E-state index contributed by atoms with van der Waals surface area (Å²) in [5.41, 5.74) is 0.504. The molecule has 1 aromatic rings. The van der Waals surface area contributed by atoms with Crippen LogP contribution in [0.4, 0.5) is 0 Å². The molecule has 1 aromatic carbocycles. The third-order valence-electron chi connectivity index (χ3n) is 4.88. The molecule has 1 fully saturated rings. The lowest BCUT2D eigenvalue weighted by Gasteiger charge is -2.37. The van der Waals surface area contributed by atoms with Crippen LogP contribution in [0.5, 0.6) is 5.75 Å². The van der Waals surface area contributed by atoms with Crippen LogP contribution < -0.4 is 4.74 Å². The highest BCUT2D eigenvalue weighted by molar-refractivity contribution is 9.10. The van der Waals surface area contributed by atoms with E-state index in [2.05, 4.69) is 22.9 Å². The third-order valence-corrected chi connectivity index (χ3v) is 5.38. The van der Waals surface area contributed by atoms with Gasteiger partial charge in [-0.05, 0) is 49.8 Å². The average Bonchev–Trinajstić information content (AvgIpc) is 2.60. The zero-order valence-electron chi connectivity index (χ0n) is 12.0. The fraction of sp³-hybridized carbons (Fsp3) is 0.588. The van der Waals surface area contributed by atoms with Crippen molar-refractivity contribution in [3.63, 3.8) is 0 Å². The van der Waals surface area contributed by atoms with Gasteiger partial charge >= 0.3 is 0 Å². The molecule has 20 heavy (non-hydrogen) atoms. The van der Waals surface area contributed by atoms with Gasteiger partial charge in [0.25, 0.3) is 0 Å². The molecule has 1 spiro atoms. The maximum absolute atomic E-state index is 12.4. The van der Waals surface area contributed by atoms with Crippen LogP contribution in [0.1, 0.15) is 62.2 Å². The van der Waals surface area contributed by atoms with Gasteiger partial charge in [-0.3, -0.25) is 4.79 Å². The summed E-state index contributed by atoms with van der Waals surface area (Å²) in [4.78, 5) is 12.4. The summed E-state index contributed by atoms with van der Waals surface area (Å²) in [5, 5.41) is 0. The van der Waals surface area contributed by atoms with Crippen molar-refractivity contribution in [2.24, 2.45) is 5.92 Å². The van der Waals surface area contributed by atoms with Crippen LogP contribution in [0.2, 0.25) is 0 Å². The summed E-state index contributed by atoms with van der Waals surface area (Å²) in [7, 11) is 0. The second kappa shape index (κ2) is 5.51. The zero-order chi connectivity index (χ0) is 14.2. The molecule has 3 rings (SSSR count). The van der Waals surface area contributed by atoms with Crippen molar-refractivity contribution in [3.05, 3.63) is 28.2 Å². The Bertz CT molecular complexity index is 526. The maximum atomic E-state index is 12.4. The Morgan fingerprint density at radius 3 is 3.00 bits per heavy atom. The van der Waals surface area contributed by atoms with Crippen molar-refractivity contribution in [2.45, 2.75) is 57.5 Å². The van der Waals surface area contributed by atoms with Gasteiger partial charge in [-0.15, -0.1) is 0 Å². The van der Waals surface area contributed by atoms with Gasteiger partial charge in [-0.1, -0.05) is 35.7 Å². The molecule has 1 aliphatic heterocycles. The van der Waals surface area contributed by atoms with Crippen molar-refractivity contribution in [3.8, 4) is 5.75 Å². The molecule has 1 saturated carbocycles. The molecule has 3 heteroatoms. The number of Topliss-reactive ketones (excluding diaryl/α,β-unsaturated/α-hetero) is 1. The van der Waals surface area contributed by atoms with Crippen molar-refractivity contribution in [1.29, 1.82) is 0 Å². The predicted molar refractivity (Wildman–Crippen MR) is 83.3 cm³/mol. The number of carbonyl (C=O) groups excluding carboxylic acids is 1. The van der Waals surface area contributed by atoms with Gasteiger partial charge in [0.15, 0.2) is 5.78 Å². The minimum atomic E-state index is -0.241. The molecule has 1 heterocycles. The minimum absolute atomic E-state index is 0.241. The molecule has 2 unspecified atom stereocenters. The molecule has 0 saturated heterocycles. The first kappa shape index (κ1) is 14.1. The monoisotopic (exact) mass is 336 g/mol. The molecule has 0 aromatic heterocycles. The van der Waals surface area contributed by atoms with E-state index in [1.54, 1.807) is 0 Å². The number of hydrogen-bond donors (Lipinski definition) is 0. The van der Waals surface area contributed by atoms with E-state index in [0.717, 1.165) is 34.5 Å². The van der Waals surface area contributed by atoms with E-state index in [1.165, 1.54) is 25.7 Å². The molecule has 0 amide bonds.